The smallest absolute Gasteiger partial charge is 0.226 e. The minimum absolute atomic E-state index is 0.184. The summed E-state index contributed by atoms with van der Waals surface area (Å²) < 4.78 is 0. The Kier molecular flexibility index (Phi) is 4.95. The van der Waals surface area contributed by atoms with Crippen molar-refractivity contribution in [3.8, 4) is 0 Å². The van der Waals surface area contributed by atoms with Gasteiger partial charge in [0.1, 0.15) is 0 Å². The van der Waals surface area contributed by atoms with Gasteiger partial charge < -0.3 is 10.7 Å². The number of amides is 1. The van der Waals surface area contributed by atoms with Crippen LogP contribution >= 0.6 is 0 Å². The molecule has 3 heteroatoms. The van der Waals surface area contributed by atoms with E-state index in [1.807, 2.05) is 19.9 Å². The highest BCUT2D eigenvalue weighted by Gasteiger charge is 2.28. The molecule has 1 amide bonds. The van der Waals surface area contributed by atoms with Crippen LogP contribution in [-0.2, 0) is 11.2 Å². The number of nitrogens with one attached hydrogen (secondary N) is 1. The number of aromatic amines is 1. The molecule has 1 aromatic heterocycles. The van der Waals surface area contributed by atoms with Crippen LogP contribution in [0.15, 0.2) is 13.2 Å². The van der Waals surface area contributed by atoms with Crippen LogP contribution in [0.1, 0.15) is 55.1 Å². The molecule has 0 aromatic carbocycles. The van der Waals surface area contributed by atoms with Crippen LogP contribution < -0.4 is 5.73 Å². The molecule has 1 unspecified atom stereocenters. The standard InChI is InChI=1S/C13H16N2O.C2H6/c1-3-8-9-6-5-7-10(13(14)16)12(9)15-11(8)4-2;1-2/h3-4,10,15H,1-2,5-7H2,(H2,14,16);1-2H3. The molecule has 1 heterocycles. The molecule has 1 aliphatic carbocycles. The van der Waals surface area contributed by atoms with Gasteiger partial charge in [-0.15, -0.1) is 0 Å². The molecule has 1 atom stereocenters. The summed E-state index contributed by atoms with van der Waals surface area (Å²) in [5.41, 5.74) is 9.56. The van der Waals surface area contributed by atoms with Crippen molar-refractivity contribution in [1.29, 1.82) is 0 Å². The zero-order chi connectivity index (χ0) is 13.7. The van der Waals surface area contributed by atoms with Crippen LogP contribution in [0.2, 0.25) is 0 Å². The zero-order valence-electron chi connectivity index (χ0n) is 11.3. The van der Waals surface area contributed by atoms with E-state index in [1.54, 1.807) is 6.08 Å². The number of fused-ring (bicyclic) bond motifs is 1. The fraction of sp³-hybridized carbons (Fsp3) is 0.400. The summed E-state index contributed by atoms with van der Waals surface area (Å²) in [4.78, 5) is 14.6. The summed E-state index contributed by atoms with van der Waals surface area (Å²) in [7, 11) is 0. The minimum atomic E-state index is -0.256. The zero-order valence-corrected chi connectivity index (χ0v) is 11.3. The second-order valence-electron chi connectivity index (χ2n) is 4.10. The van der Waals surface area contributed by atoms with Gasteiger partial charge in [-0.1, -0.05) is 33.1 Å². The van der Waals surface area contributed by atoms with Crippen molar-refractivity contribution in [2.45, 2.75) is 39.0 Å². The van der Waals surface area contributed by atoms with E-state index in [0.29, 0.717) is 0 Å². The van der Waals surface area contributed by atoms with Crippen LogP contribution in [0.5, 0.6) is 0 Å². The third-order valence-corrected chi connectivity index (χ3v) is 3.23. The number of carbonyl (C=O) groups is 1. The number of hydrogen-bond donors (Lipinski definition) is 2. The molecule has 1 aliphatic rings. The monoisotopic (exact) mass is 246 g/mol. The predicted molar refractivity (Wildman–Crippen MR) is 77.2 cm³/mol. The summed E-state index contributed by atoms with van der Waals surface area (Å²) in [6.07, 6.45) is 6.37. The fourth-order valence-corrected chi connectivity index (χ4v) is 2.47. The van der Waals surface area contributed by atoms with Gasteiger partial charge in [-0.2, -0.15) is 0 Å². The molecule has 3 N–H and O–H groups in total. The third-order valence-electron chi connectivity index (χ3n) is 3.23. The van der Waals surface area contributed by atoms with Gasteiger partial charge in [0.2, 0.25) is 5.91 Å². The van der Waals surface area contributed by atoms with Crippen molar-refractivity contribution in [2.24, 2.45) is 5.73 Å². The van der Waals surface area contributed by atoms with Crippen molar-refractivity contribution < 1.29 is 4.79 Å². The number of rotatable bonds is 3. The van der Waals surface area contributed by atoms with E-state index in [0.717, 1.165) is 36.2 Å². The van der Waals surface area contributed by atoms with Gasteiger partial charge in [0.25, 0.3) is 0 Å². The van der Waals surface area contributed by atoms with Gasteiger partial charge in [-0.05, 0) is 30.9 Å². The quantitative estimate of drug-likeness (QED) is 0.845. The Hall–Kier alpha value is -1.77. The molecule has 0 aliphatic heterocycles. The Labute approximate surface area is 109 Å². The van der Waals surface area contributed by atoms with Crippen molar-refractivity contribution in [2.75, 3.05) is 0 Å². The lowest BCUT2D eigenvalue weighted by Crippen LogP contribution is -2.25. The van der Waals surface area contributed by atoms with Gasteiger partial charge in [-0.3, -0.25) is 4.79 Å². The normalized spacial score (nSPS) is 17.1. The molecule has 2 rings (SSSR count). The van der Waals surface area contributed by atoms with Crippen molar-refractivity contribution in [1.82, 2.24) is 4.98 Å². The molecule has 98 valence electrons. The van der Waals surface area contributed by atoms with Gasteiger partial charge in [0, 0.05) is 17.0 Å². The Balaban J connectivity index is 0.000000771. The predicted octanol–water partition coefficient (Wildman–Crippen LogP) is 3.23. The molecule has 0 spiro atoms. The Bertz CT molecular complexity index is 457. The largest absolute Gasteiger partial charge is 0.369 e. The summed E-state index contributed by atoms with van der Waals surface area (Å²) in [5.74, 6) is -0.440. The number of carbonyl (C=O) groups excluding carboxylic acids is 1. The van der Waals surface area contributed by atoms with E-state index >= 15 is 0 Å². The molecule has 0 radical (unpaired) electrons. The summed E-state index contributed by atoms with van der Waals surface area (Å²) in [5, 5.41) is 0. The molecule has 0 fully saturated rings. The number of nitrogens with two attached hydrogens (primary N) is 1. The maximum atomic E-state index is 11.4. The Morgan fingerprint density at radius 1 is 1.39 bits per heavy atom. The lowest BCUT2D eigenvalue weighted by molar-refractivity contribution is -0.119. The van der Waals surface area contributed by atoms with Gasteiger partial charge in [0.05, 0.1) is 5.92 Å². The number of hydrogen-bond acceptors (Lipinski definition) is 1. The van der Waals surface area contributed by atoms with Crippen LogP contribution in [0.25, 0.3) is 12.2 Å². The average Bonchev–Trinajstić information content (AvgIpc) is 2.77. The SMILES string of the molecule is C=Cc1[nH]c2c(c1C=C)CCCC2C(N)=O.CC. The first-order valence-corrected chi connectivity index (χ1v) is 6.48. The van der Waals surface area contributed by atoms with Crippen molar-refractivity contribution >= 4 is 18.1 Å². The lowest BCUT2D eigenvalue weighted by Gasteiger charge is -2.19. The van der Waals surface area contributed by atoms with Crippen LogP contribution in [0, 0.1) is 0 Å². The Morgan fingerprint density at radius 2 is 2.06 bits per heavy atom. The van der Waals surface area contributed by atoms with E-state index in [9.17, 15) is 4.79 Å². The Morgan fingerprint density at radius 3 is 2.56 bits per heavy atom. The second kappa shape index (κ2) is 6.24. The topological polar surface area (TPSA) is 58.9 Å². The van der Waals surface area contributed by atoms with E-state index < -0.39 is 0 Å². The molecule has 0 saturated carbocycles. The first kappa shape index (κ1) is 14.3. The number of primary amides is 1. The maximum Gasteiger partial charge on any atom is 0.226 e. The van der Waals surface area contributed by atoms with Crippen LogP contribution in [0.3, 0.4) is 0 Å². The molecule has 18 heavy (non-hydrogen) atoms. The lowest BCUT2D eigenvalue weighted by atomic mass is 9.86. The van der Waals surface area contributed by atoms with E-state index in [2.05, 4.69) is 18.1 Å². The molecule has 0 bridgehead atoms. The highest BCUT2D eigenvalue weighted by Crippen LogP contribution is 2.35. The van der Waals surface area contributed by atoms with Crippen LogP contribution in [-0.4, -0.2) is 10.9 Å². The number of H-pyrrole nitrogens is 1. The molecular weight excluding hydrogens is 224 g/mol. The van der Waals surface area contributed by atoms with E-state index in [-0.39, 0.29) is 11.8 Å². The summed E-state index contributed by atoms with van der Waals surface area (Å²) in [6.45, 7) is 11.6. The van der Waals surface area contributed by atoms with E-state index in [4.69, 9.17) is 5.73 Å². The first-order chi connectivity index (χ1) is 8.69. The van der Waals surface area contributed by atoms with Gasteiger partial charge in [-0.25, -0.2) is 0 Å². The first-order valence-electron chi connectivity index (χ1n) is 6.48. The highest BCUT2D eigenvalue weighted by molar-refractivity contribution is 5.83. The van der Waals surface area contributed by atoms with Crippen molar-refractivity contribution in [3.63, 3.8) is 0 Å². The van der Waals surface area contributed by atoms with E-state index in [1.165, 1.54) is 5.56 Å². The number of aromatic nitrogens is 1. The third kappa shape index (κ3) is 2.40. The maximum absolute atomic E-state index is 11.4. The van der Waals surface area contributed by atoms with Gasteiger partial charge in [0.15, 0.2) is 0 Å². The molecular formula is C15H22N2O. The summed E-state index contributed by atoms with van der Waals surface area (Å²) >= 11 is 0. The molecule has 0 saturated heterocycles. The summed E-state index contributed by atoms with van der Waals surface area (Å²) in [6, 6.07) is 0. The average molecular weight is 246 g/mol. The minimum Gasteiger partial charge on any atom is -0.369 e. The molecule has 3 nitrogen and oxygen atoms in total. The fourth-order valence-electron chi connectivity index (χ4n) is 2.47. The van der Waals surface area contributed by atoms with Crippen LogP contribution in [0.4, 0.5) is 0 Å². The van der Waals surface area contributed by atoms with Gasteiger partial charge >= 0.3 is 0 Å². The molecule has 1 aromatic rings. The highest BCUT2D eigenvalue weighted by atomic mass is 16.1. The van der Waals surface area contributed by atoms with Crippen molar-refractivity contribution in [3.05, 3.63) is 35.7 Å². The second-order valence-corrected chi connectivity index (χ2v) is 4.10.